The maximum Gasteiger partial charge on any atom is 0.257 e. The number of aliphatic hydroxyl groups is 1. The second kappa shape index (κ2) is 5.01. The van der Waals surface area contributed by atoms with Crippen LogP contribution in [0.5, 0.6) is 0 Å². The molecule has 0 atom stereocenters. The molecule has 1 aromatic heterocycles. The molecule has 0 radical (unpaired) electrons. The van der Waals surface area contributed by atoms with Gasteiger partial charge in [0.15, 0.2) is 5.69 Å². The average Bonchev–Trinajstić information content (AvgIpc) is 2.51. The van der Waals surface area contributed by atoms with Gasteiger partial charge < -0.3 is 5.11 Å². The van der Waals surface area contributed by atoms with Gasteiger partial charge in [-0.25, -0.2) is 4.98 Å². The molecule has 5 rings (SSSR count). The molecule has 0 spiro atoms. The Labute approximate surface area is 139 Å². The lowest BCUT2D eigenvalue weighted by atomic mass is 9.52. The number of pyridine rings is 1. The summed E-state index contributed by atoms with van der Waals surface area (Å²) in [6.07, 6.45) is 2.21. The van der Waals surface area contributed by atoms with Crippen LogP contribution in [0.2, 0.25) is 0 Å². The highest BCUT2D eigenvalue weighted by Gasteiger charge is 2.72. The van der Waals surface area contributed by atoms with Crippen LogP contribution < -0.4 is 9.80 Å². The second-order valence-corrected chi connectivity index (χ2v) is 8.89. The molecule has 4 saturated heterocycles. The highest BCUT2D eigenvalue weighted by atomic mass is 16.3. The molecule has 4 nitrogen and oxygen atoms in total. The van der Waals surface area contributed by atoms with Gasteiger partial charge in [0.2, 0.25) is 0 Å². The fourth-order valence-electron chi connectivity index (χ4n) is 6.01. The number of quaternary nitrogens is 2. The smallest absolute Gasteiger partial charge is 0.257 e. The third kappa shape index (κ3) is 1.92. The molecule has 0 saturated carbocycles. The van der Waals surface area contributed by atoms with Crippen molar-refractivity contribution in [2.24, 2.45) is 22.7 Å². The van der Waals surface area contributed by atoms with Crippen LogP contribution in [-0.4, -0.2) is 42.4 Å². The minimum Gasteiger partial charge on any atom is -0.391 e. The van der Waals surface area contributed by atoms with Gasteiger partial charge >= 0.3 is 0 Å². The topological polar surface area (TPSA) is 42.0 Å². The van der Waals surface area contributed by atoms with E-state index in [4.69, 9.17) is 0 Å². The Morgan fingerprint density at radius 2 is 1.52 bits per heavy atom. The molecular formula is C19H31N3O+2. The Hall–Kier alpha value is -0.970. The van der Waals surface area contributed by atoms with Crippen LogP contribution in [0.3, 0.4) is 0 Å². The zero-order valence-electron chi connectivity index (χ0n) is 14.8. The molecule has 4 heteroatoms. The van der Waals surface area contributed by atoms with Crippen molar-refractivity contribution in [3.8, 4) is 0 Å². The van der Waals surface area contributed by atoms with E-state index in [0.29, 0.717) is 18.0 Å². The third-order valence-electron chi connectivity index (χ3n) is 7.41. The van der Waals surface area contributed by atoms with Crippen molar-refractivity contribution in [3.05, 3.63) is 30.1 Å². The zero-order valence-corrected chi connectivity index (χ0v) is 14.8. The standard InChI is InChI=1S/C19H29N3O/c1-13(2)18-9-21-11-19(14(3)4,17(18)23)12-22(10-18)16(21)15-7-5-6-8-20-15/h5-8,13-14,16-17,23H,9-12H2,1-4H3/p+2. The van der Waals surface area contributed by atoms with Gasteiger partial charge in [-0.2, -0.15) is 0 Å². The molecule has 4 fully saturated rings. The van der Waals surface area contributed by atoms with Gasteiger partial charge in [-0.3, -0.25) is 9.80 Å². The molecule has 1 aromatic rings. The Balaban J connectivity index is 1.78. The van der Waals surface area contributed by atoms with Crippen LogP contribution in [0.15, 0.2) is 24.4 Å². The summed E-state index contributed by atoms with van der Waals surface area (Å²) in [6.45, 7) is 13.6. The fourth-order valence-corrected chi connectivity index (χ4v) is 6.01. The van der Waals surface area contributed by atoms with Gasteiger partial charge in [0.25, 0.3) is 6.17 Å². The maximum absolute atomic E-state index is 11.4. The van der Waals surface area contributed by atoms with E-state index >= 15 is 0 Å². The van der Waals surface area contributed by atoms with Crippen LogP contribution in [0.4, 0.5) is 0 Å². The van der Waals surface area contributed by atoms with Gasteiger partial charge in [-0.1, -0.05) is 33.8 Å². The lowest BCUT2D eigenvalue weighted by molar-refractivity contribution is -1.19. The molecule has 5 heterocycles. The van der Waals surface area contributed by atoms with Gasteiger partial charge in [0, 0.05) is 6.20 Å². The predicted octanol–water partition coefficient (Wildman–Crippen LogP) is -0.463. The van der Waals surface area contributed by atoms with E-state index in [2.05, 4.69) is 44.8 Å². The normalized spacial score (nSPS) is 45.2. The monoisotopic (exact) mass is 317 g/mol. The highest BCUT2D eigenvalue weighted by molar-refractivity contribution is 5.10. The van der Waals surface area contributed by atoms with E-state index < -0.39 is 0 Å². The number of hydrogen-bond donors (Lipinski definition) is 3. The Morgan fingerprint density at radius 1 is 1.00 bits per heavy atom. The Kier molecular flexibility index (Phi) is 3.39. The van der Waals surface area contributed by atoms with Gasteiger partial charge in [-0.05, 0) is 24.0 Å². The molecule has 4 bridgehead atoms. The molecule has 0 amide bonds. The number of aromatic nitrogens is 1. The van der Waals surface area contributed by atoms with Crippen molar-refractivity contribution in [1.29, 1.82) is 0 Å². The molecule has 4 aliphatic rings. The first-order valence-corrected chi connectivity index (χ1v) is 9.19. The summed E-state index contributed by atoms with van der Waals surface area (Å²) in [5, 5.41) is 11.4. The number of nitrogens with zero attached hydrogens (tertiary/aromatic N) is 1. The summed E-state index contributed by atoms with van der Waals surface area (Å²) in [6, 6.07) is 6.30. The van der Waals surface area contributed by atoms with Gasteiger partial charge in [-0.15, -0.1) is 0 Å². The van der Waals surface area contributed by atoms with Gasteiger partial charge in [0.1, 0.15) is 0 Å². The Morgan fingerprint density at radius 3 is 1.91 bits per heavy atom. The number of piperidine rings is 2. The van der Waals surface area contributed by atoms with Crippen molar-refractivity contribution < 1.29 is 14.9 Å². The molecule has 3 N–H and O–H groups in total. The molecule has 0 aromatic carbocycles. The SMILES string of the molecule is CC(C)C12C[NH+]3CC(C(C)C)(C[NH+](C1)C3c1ccccn1)C2O. The second-order valence-electron chi connectivity index (χ2n) is 8.89. The average molecular weight is 317 g/mol. The first-order valence-electron chi connectivity index (χ1n) is 9.19. The Bertz CT molecular complexity index is 542. The number of rotatable bonds is 3. The quantitative estimate of drug-likeness (QED) is 0.706. The lowest BCUT2D eigenvalue weighted by Crippen LogP contribution is -3.41. The van der Waals surface area contributed by atoms with E-state index in [1.807, 2.05) is 12.3 Å². The van der Waals surface area contributed by atoms with E-state index in [0.717, 1.165) is 26.2 Å². The molecule has 0 unspecified atom stereocenters. The van der Waals surface area contributed by atoms with E-state index in [1.165, 1.54) is 5.69 Å². The molecule has 0 aliphatic carbocycles. The van der Waals surface area contributed by atoms with E-state index in [-0.39, 0.29) is 16.9 Å². The van der Waals surface area contributed by atoms with Crippen LogP contribution in [0.1, 0.15) is 39.6 Å². The van der Waals surface area contributed by atoms with E-state index in [1.54, 1.807) is 9.80 Å². The fraction of sp³-hybridized carbons (Fsp3) is 0.737. The first-order chi connectivity index (χ1) is 10.9. The minimum absolute atomic E-state index is 0.0662. The number of aliphatic hydroxyl groups excluding tert-OH is 1. The molecule has 23 heavy (non-hydrogen) atoms. The van der Waals surface area contributed by atoms with Crippen LogP contribution in [0, 0.1) is 22.7 Å². The van der Waals surface area contributed by atoms with Crippen LogP contribution in [-0.2, 0) is 0 Å². The van der Waals surface area contributed by atoms with Crippen molar-refractivity contribution in [2.75, 3.05) is 26.2 Å². The molecule has 4 aliphatic heterocycles. The summed E-state index contributed by atoms with van der Waals surface area (Å²) >= 11 is 0. The number of nitrogens with one attached hydrogen (secondary N) is 2. The van der Waals surface area contributed by atoms with Crippen LogP contribution >= 0.6 is 0 Å². The highest BCUT2D eigenvalue weighted by Crippen LogP contribution is 2.48. The largest absolute Gasteiger partial charge is 0.391 e. The van der Waals surface area contributed by atoms with Gasteiger partial charge in [0.05, 0.1) is 43.1 Å². The zero-order chi connectivity index (χ0) is 16.4. The summed E-state index contributed by atoms with van der Waals surface area (Å²) in [7, 11) is 0. The van der Waals surface area contributed by atoms with Crippen molar-refractivity contribution in [3.63, 3.8) is 0 Å². The number of hydrogen-bond acceptors (Lipinski definition) is 2. The van der Waals surface area contributed by atoms with Crippen molar-refractivity contribution >= 4 is 0 Å². The summed E-state index contributed by atoms with van der Waals surface area (Å²) < 4.78 is 0. The summed E-state index contributed by atoms with van der Waals surface area (Å²) in [4.78, 5) is 7.96. The predicted molar refractivity (Wildman–Crippen MR) is 88.9 cm³/mol. The first kappa shape index (κ1) is 15.6. The molecule has 126 valence electrons. The summed E-state index contributed by atoms with van der Waals surface area (Å²) in [5.41, 5.74) is 1.36. The lowest BCUT2D eigenvalue weighted by Gasteiger charge is -2.66. The van der Waals surface area contributed by atoms with E-state index in [9.17, 15) is 5.11 Å². The minimum atomic E-state index is -0.160. The van der Waals surface area contributed by atoms with Crippen molar-refractivity contribution in [1.82, 2.24) is 4.98 Å². The molecular weight excluding hydrogens is 286 g/mol. The third-order valence-corrected chi connectivity index (χ3v) is 7.41. The maximum atomic E-state index is 11.4. The van der Waals surface area contributed by atoms with Crippen molar-refractivity contribution in [2.45, 2.75) is 40.0 Å². The van der Waals surface area contributed by atoms with Crippen LogP contribution in [0.25, 0.3) is 0 Å². The summed E-state index contributed by atoms with van der Waals surface area (Å²) in [5.74, 6) is 1.04.